The summed E-state index contributed by atoms with van der Waals surface area (Å²) < 4.78 is 5.58. The van der Waals surface area contributed by atoms with Crippen molar-refractivity contribution in [1.82, 2.24) is 0 Å². The average Bonchev–Trinajstić information content (AvgIpc) is 2.55. The summed E-state index contributed by atoms with van der Waals surface area (Å²) >= 11 is -1.89. The van der Waals surface area contributed by atoms with E-state index in [4.69, 9.17) is 0 Å². The van der Waals surface area contributed by atoms with Crippen molar-refractivity contribution < 1.29 is 44.1 Å². The zero-order valence-corrected chi connectivity index (χ0v) is 17.8. The molecule has 2 aromatic carbocycles. The molecule has 0 amide bonds. The summed E-state index contributed by atoms with van der Waals surface area (Å²) in [7, 11) is 1.38. The molecule has 0 atom stereocenters. The number of nitro groups is 1. The number of rotatable bonds is 5. The molecule has 0 saturated carbocycles. The molecule has 0 heterocycles. The second kappa shape index (κ2) is 7.82. The Morgan fingerprint density at radius 2 is 2.00 bits per heavy atom. The standard InChI is InChI=1S/C13H9N2O3.C2H3O2.Hg/c16-13-7-6-12(15(17)18)8-10(13)9-14-11-4-2-1-3-5-11;1-4-2-3;/h2-9,16H;1H3;. The first-order valence-corrected chi connectivity index (χ1v) is 12.2. The number of aliphatic imine (C=N–C) groups is 1. The van der Waals surface area contributed by atoms with Gasteiger partial charge < -0.3 is 0 Å². The minimum atomic E-state index is -1.89. The molecular formula is C15H12HgN2O5. The maximum atomic E-state index is 11.3. The van der Waals surface area contributed by atoms with Gasteiger partial charge in [0, 0.05) is 0 Å². The van der Waals surface area contributed by atoms with Crippen molar-refractivity contribution in [2.75, 3.05) is 7.11 Å². The summed E-state index contributed by atoms with van der Waals surface area (Å²) in [5.41, 5.74) is 0.767. The fourth-order valence-electron chi connectivity index (χ4n) is 1.84. The number of methoxy groups -OCH3 is 1. The van der Waals surface area contributed by atoms with Crippen LogP contribution in [0.4, 0.5) is 16.2 Å². The molecule has 0 spiro atoms. The van der Waals surface area contributed by atoms with E-state index in [9.17, 15) is 20.0 Å². The average molecular weight is 501 g/mol. The number of hydrogen-bond acceptors (Lipinski definition) is 6. The fourth-order valence-corrected chi connectivity index (χ4v) is 5.53. The summed E-state index contributed by atoms with van der Waals surface area (Å²) in [6.45, 7) is 0. The van der Waals surface area contributed by atoms with Gasteiger partial charge in [-0.3, -0.25) is 0 Å². The van der Waals surface area contributed by atoms with Crippen molar-refractivity contribution in [3.05, 3.63) is 58.1 Å². The van der Waals surface area contributed by atoms with Gasteiger partial charge >= 0.3 is 144 Å². The summed E-state index contributed by atoms with van der Waals surface area (Å²) in [6.07, 6.45) is 1.36. The number of phenolic OH excluding ortho intramolecular Hbond substituents is 1. The zero-order valence-electron chi connectivity index (χ0n) is 12.3. The van der Waals surface area contributed by atoms with Crippen LogP contribution in [0.15, 0.2) is 47.5 Å². The Hall–Kier alpha value is -2.28. The van der Waals surface area contributed by atoms with Gasteiger partial charge in [-0.2, -0.15) is 0 Å². The van der Waals surface area contributed by atoms with E-state index in [2.05, 4.69) is 9.73 Å². The number of aromatic hydroxyl groups is 1. The van der Waals surface area contributed by atoms with Crippen molar-refractivity contribution in [3.63, 3.8) is 0 Å². The van der Waals surface area contributed by atoms with Crippen LogP contribution in [0.25, 0.3) is 0 Å². The van der Waals surface area contributed by atoms with E-state index in [0.29, 0.717) is 5.69 Å². The SMILES string of the molecule is CO[C](=O)[Hg][c]1ccc(N=Cc2cc([N+](=O)[O-])ccc2O)cc1. The first-order valence-electron chi connectivity index (χ1n) is 6.67. The molecule has 7 nitrogen and oxygen atoms in total. The van der Waals surface area contributed by atoms with Crippen molar-refractivity contribution in [3.8, 4) is 5.75 Å². The molecule has 0 saturated heterocycles. The number of phenols is 1. The third kappa shape index (κ3) is 4.85. The van der Waals surface area contributed by atoms with E-state index in [1.807, 2.05) is 12.1 Å². The van der Waals surface area contributed by atoms with Crippen molar-refractivity contribution in [2.24, 2.45) is 4.99 Å². The Balaban J connectivity index is 2.15. The third-order valence-electron chi connectivity index (χ3n) is 3.09. The topological polar surface area (TPSA) is 102 Å². The molecule has 0 unspecified atom stereocenters. The van der Waals surface area contributed by atoms with Gasteiger partial charge in [-0.1, -0.05) is 0 Å². The number of carbonyl (C=O) groups is 1. The predicted octanol–water partition coefficient (Wildman–Crippen LogP) is 2.53. The third-order valence-corrected chi connectivity index (χ3v) is 8.75. The van der Waals surface area contributed by atoms with Crippen molar-refractivity contribution >= 4 is 24.1 Å². The molecule has 0 aliphatic heterocycles. The minimum absolute atomic E-state index is 0.0847. The maximum absolute atomic E-state index is 11.3. The van der Waals surface area contributed by atoms with Crippen LogP contribution in [0.1, 0.15) is 5.56 Å². The fraction of sp³-hybridized carbons (Fsp3) is 0.0667. The van der Waals surface area contributed by atoms with Gasteiger partial charge in [0.1, 0.15) is 0 Å². The molecule has 2 aromatic rings. The van der Waals surface area contributed by atoms with Gasteiger partial charge in [-0.05, 0) is 0 Å². The summed E-state index contributed by atoms with van der Waals surface area (Å²) in [4.78, 5) is 25.6. The predicted molar refractivity (Wildman–Crippen MR) is 80.5 cm³/mol. The summed E-state index contributed by atoms with van der Waals surface area (Å²) in [5, 5.41) is 20.4. The second-order valence-electron chi connectivity index (χ2n) is 4.68. The second-order valence-corrected chi connectivity index (χ2v) is 11.5. The first kappa shape index (κ1) is 17.1. The van der Waals surface area contributed by atoms with E-state index in [-0.39, 0.29) is 20.5 Å². The van der Waals surface area contributed by atoms with Gasteiger partial charge in [-0.15, -0.1) is 0 Å². The van der Waals surface area contributed by atoms with Gasteiger partial charge in [-0.25, -0.2) is 0 Å². The quantitative estimate of drug-likeness (QED) is 0.294. The number of nitrogens with zero attached hydrogens (tertiary/aromatic N) is 2. The van der Waals surface area contributed by atoms with Gasteiger partial charge in [0.15, 0.2) is 0 Å². The summed E-state index contributed by atoms with van der Waals surface area (Å²) in [6, 6.07) is 10.9. The zero-order chi connectivity index (χ0) is 16.8. The molecule has 0 bridgehead atoms. The number of non-ortho nitro benzene ring substituents is 1. The Labute approximate surface area is 144 Å². The van der Waals surface area contributed by atoms with E-state index in [0.717, 1.165) is 3.07 Å². The van der Waals surface area contributed by atoms with E-state index >= 15 is 0 Å². The van der Waals surface area contributed by atoms with E-state index in [1.165, 1.54) is 31.5 Å². The van der Waals surface area contributed by atoms with Crippen molar-refractivity contribution in [1.29, 1.82) is 0 Å². The van der Waals surface area contributed by atoms with Gasteiger partial charge in [0.25, 0.3) is 0 Å². The number of carbonyl (C=O) groups excluding carboxylic acids is 1. The first-order chi connectivity index (χ1) is 11.0. The molecule has 0 fully saturated rings. The molecule has 0 radical (unpaired) electrons. The van der Waals surface area contributed by atoms with E-state index in [1.54, 1.807) is 12.1 Å². The van der Waals surface area contributed by atoms with Crippen LogP contribution >= 0.6 is 0 Å². The molecule has 2 rings (SSSR count). The van der Waals surface area contributed by atoms with Gasteiger partial charge in [0.05, 0.1) is 0 Å². The normalized spacial score (nSPS) is 10.3. The Morgan fingerprint density at radius 1 is 1.30 bits per heavy atom. The van der Waals surface area contributed by atoms with Gasteiger partial charge in [0.2, 0.25) is 0 Å². The Bertz CT molecular complexity index is 759. The molecular weight excluding hydrogens is 489 g/mol. The van der Waals surface area contributed by atoms with Crippen molar-refractivity contribution in [2.45, 2.75) is 0 Å². The molecule has 1 N–H and O–H groups in total. The van der Waals surface area contributed by atoms with Crippen LogP contribution in [0, 0.1) is 10.1 Å². The van der Waals surface area contributed by atoms with Crippen LogP contribution < -0.4 is 3.07 Å². The molecule has 0 aromatic heterocycles. The molecule has 8 heteroatoms. The Kier molecular flexibility index (Phi) is 5.81. The monoisotopic (exact) mass is 502 g/mol. The number of nitro benzene ring substituents is 1. The molecule has 0 aliphatic rings. The van der Waals surface area contributed by atoms with Crippen LogP contribution in [0.3, 0.4) is 0 Å². The molecule has 114 valence electrons. The number of benzene rings is 2. The van der Waals surface area contributed by atoms with Crippen LogP contribution in [-0.2, 0) is 29.3 Å². The number of hydrogen-bond donors (Lipinski definition) is 1. The number of ether oxygens (including phenoxy) is 1. The van der Waals surface area contributed by atoms with Crippen LogP contribution in [0.2, 0.25) is 0 Å². The van der Waals surface area contributed by atoms with E-state index < -0.39 is 29.5 Å². The van der Waals surface area contributed by atoms with Crippen LogP contribution in [0.5, 0.6) is 5.75 Å². The molecule has 0 aliphatic carbocycles. The van der Waals surface area contributed by atoms with Crippen LogP contribution in [-0.4, -0.2) is 26.8 Å². The molecule has 23 heavy (non-hydrogen) atoms. The summed E-state index contributed by atoms with van der Waals surface area (Å²) in [5.74, 6) is -0.0847. The Morgan fingerprint density at radius 3 is 2.61 bits per heavy atom.